The first-order chi connectivity index (χ1) is 8.49. The molecule has 0 radical (unpaired) electrons. The fraction of sp³-hybridized carbons (Fsp3) is 0.636. The Morgan fingerprint density at radius 3 is 2.72 bits per heavy atom. The second kappa shape index (κ2) is 7.17. The van der Waals surface area contributed by atoms with Crippen molar-refractivity contribution in [3.63, 3.8) is 0 Å². The molecular formula is C11H16N2O4S. The minimum absolute atomic E-state index is 0.0841. The van der Waals surface area contributed by atoms with Crippen molar-refractivity contribution in [1.29, 1.82) is 0 Å². The first kappa shape index (κ1) is 14.7. The van der Waals surface area contributed by atoms with Crippen LogP contribution in [0.5, 0.6) is 0 Å². The summed E-state index contributed by atoms with van der Waals surface area (Å²) in [5, 5.41) is 5.51. The zero-order valence-corrected chi connectivity index (χ0v) is 11.0. The number of ketones is 1. The SMILES string of the molecule is CC(=O)CC(=S)NCC(=O)OC(=O)[C@@H]1CCCN1. The fourth-order valence-corrected chi connectivity index (χ4v) is 1.84. The van der Waals surface area contributed by atoms with Gasteiger partial charge in [-0.05, 0) is 26.3 Å². The van der Waals surface area contributed by atoms with Gasteiger partial charge in [0.25, 0.3) is 0 Å². The quantitative estimate of drug-likeness (QED) is 0.404. The molecule has 1 fully saturated rings. The summed E-state index contributed by atoms with van der Waals surface area (Å²) < 4.78 is 4.64. The highest BCUT2D eigenvalue weighted by molar-refractivity contribution is 7.80. The molecule has 6 nitrogen and oxygen atoms in total. The molecule has 0 spiro atoms. The van der Waals surface area contributed by atoms with Crippen LogP contribution in [0.3, 0.4) is 0 Å². The van der Waals surface area contributed by atoms with E-state index in [1.165, 1.54) is 6.92 Å². The Hall–Kier alpha value is -1.34. The van der Waals surface area contributed by atoms with Crippen LogP contribution >= 0.6 is 12.2 Å². The standard InChI is InChI=1S/C11H16N2O4S/c1-7(14)5-9(18)13-6-10(15)17-11(16)8-3-2-4-12-8/h8,12H,2-6H2,1H3,(H,13,18)/t8-/m0/s1. The van der Waals surface area contributed by atoms with Gasteiger partial charge in [0.15, 0.2) is 0 Å². The van der Waals surface area contributed by atoms with Crippen LogP contribution in [0.2, 0.25) is 0 Å². The molecule has 1 aliphatic rings. The molecule has 0 aromatic carbocycles. The van der Waals surface area contributed by atoms with Crippen LogP contribution in [-0.2, 0) is 19.1 Å². The number of ether oxygens (including phenoxy) is 1. The van der Waals surface area contributed by atoms with Gasteiger partial charge in [0.05, 0.1) is 11.4 Å². The van der Waals surface area contributed by atoms with Crippen molar-refractivity contribution >= 4 is 34.9 Å². The summed E-state index contributed by atoms with van der Waals surface area (Å²) in [6, 6.07) is -0.391. The second-order valence-corrected chi connectivity index (χ2v) is 4.59. The molecule has 100 valence electrons. The largest absolute Gasteiger partial charge is 0.391 e. The molecule has 1 saturated heterocycles. The Bertz CT molecular complexity index is 364. The van der Waals surface area contributed by atoms with E-state index < -0.39 is 18.0 Å². The number of rotatable bonds is 5. The Morgan fingerprint density at radius 2 is 2.17 bits per heavy atom. The van der Waals surface area contributed by atoms with E-state index in [1.54, 1.807) is 0 Å². The number of carbonyl (C=O) groups excluding carboxylic acids is 3. The summed E-state index contributed by atoms with van der Waals surface area (Å²) in [6.07, 6.45) is 1.66. The number of Topliss-reactive ketones (excluding diaryl/α,β-unsaturated/α-hetero) is 1. The molecule has 1 heterocycles. The molecule has 18 heavy (non-hydrogen) atoms. The monoisotopic (exact) mass is 272 g/mol. The predicted molar refractivity (Wildman–Crippen MR) is 68.0 cm³/mol. The number of hydrogen-bond donors (Lipinski definition) is 2. The molecule has 1 atom stereocenters. The summed E-state index contributed by atoms with van der Waals surface area (Å²) >= 11 is 4.83. The number of esters is 2. The summed E-state index contributed by atoms with van der Waals surface area (Å²) in [6.45, 7) is 1.96. The van der Waals surface area contributed by atoms with E-state index >= 15 is 0 Å². The van der Waals surface area contributed by atoms with Gasteiger partial charge in [-0.25, -0.2) is 9.59 Å². The summed E-state index contributed by atoms with van der Waals surface area (Å²) in [5.41, 5.74) is 0. The number of carbonyl (C=O) groups is 3. The molecule has 7 heteroatoms. The van der Waals surface area contributed by atoms with E-state index in [-0.39, 0.29) is 23.7 Å². The van der Waals surface area contributed by atoms with Gasteiger partial charge in [-0.15, -0.1) is 0 Å². The normalized spacial score (nSPS) is 18.2. The van der Waals surface area contributed by atoms with Crippen LogP contribution in [0, 0.1) is 0 Å². The van der Waals surface area contributed by atoms with Crippen molar-refractivity contribution in [3.8, 4) is 0 Å². The van der Waals surface area contributed by atoms with E-state index in [0.29, 0.717) is 6.42 Å². The van der Waals surface area contributed by atoms with Crippen LogP contribution in [0.15, 0.2) is 0 Å². The average Bonchev–Trinajstić information content (AvgIpc) is 2.78. The maximum atomic E-state index is 11.5. The van der Waals surface area contributed by atoms with Gasteiger partial charge in [-0.1, -0.05) is 12.2 Å². The maximum Gasteiger partial charge on any atom is 0.333 e. The lowest BCUT2D eigenvalue weighted by Crippen LogP contribution is -2.37. The number of nitrogens with one attached hydrogen (secondary N) is 2. The highest BCUT2D eigenvalue weighted by atomic mass is 32.1. The highest BCUT2D eigenvalue weighted by Gasteiger charge is 2.25. The van der Waals surface area contributed by atoms with Gasteiger partial charge < -0.3 is 15.4 Å². The minimum atomic E-state index is -0.695. The maximum absolute atomic E-state index is 11.5. The molecule has 2 N–H and O–H groups in total. The number of hydrogen-bond acceptors (Lipinski definition) is 6. The van der Waals surface area contributed by atoms with Gasteiger partial charge in [-0.2, -0.15) is 0 Å². The molecule has 0 amide bonds. The smallest absolute Gasteiger partial charge is 0.333 e. The van der Waals surface area contributed by atoms with Crippen LogP contribution in [0.1, 0.15) is 26.2 Å². The van der Waals surface area contributed by atoms with Crippen LogP contribution in [-0.4, -0.2) is 41.8 Å². The van der Waals surface area contributed by atoms with E-state index in [9.17, 15) is 14.4 Å². The minimum Gasteiger partial charge on any atom is -0.391 e. The van der Waals surface area contributed by atoms with Gasteiger partial charge in [0.1, 0.15) is 18.4 Å². The topological polar surface area (TPSA) is 84.5 Å². The molecule has 1 aliphatic heterocycles. The third-order valence-electron chi connectivity index (χ3n) is 2.40. The Labute approximate surface area is 110 Å². The summed E-state index contributed by atoms with van der Waals surface area (Å²) in [5.74, 6) is -1.34. The lowest BCUT2D eigenvalue weighted by atomic mass is 10.2. The number of thiocarbonyl (C=S) groups is 1. The molecule has 0 aromatic rings. The van der Waals surface area contributed by atoms with Gasteiger partial charge in [-0.3, -0.25) is 4.79 Å². The first-order valence-electron chi connectivity index (χ1n) is 5.73. The zero-order valence-electron chi connectivity index (χ0n) is 10.2. The lowest BCUT2D eigenvalue weighted by molar-refractivity contribution is -0.160. The molecular weight excluding hydrogens is 256 g/mol. The molecule has 0 unspecified atom stereocenters. The Morgan fingerprint density at radius 1 is 1.44 bits per heavy atom. The molecule has 0 aromatic heterocycles. The Kier molecular flexibility index (Phi) is 5.87. The van der Waals surface area contributed by atoms with E-state index in [1.807, 2.05) is 0 Å². The van der Waals surface area contributed by atoms with Crippen molar-refractivity contribution in [2.24, 2.45) is 0 Å². The second-order valence-electron chi connectivity index (χ2n) is 4.10. The summed E-state index contributed by atoms with van der Waals surface area (Å²) in [4.78, 5) is 33.8. The lowest BCUT2D eigenvalue weighted by Gasteiger charge is -2.09. The van der Waals surface area contributed by atoms with Crippen LogP contribution < -0.4 is 10.6 Å². The average molecular weight is 272 g/mol. The predicted octanol–water partition coefficient (Wildman–Crippen LogP) is -0.296. The molecule has 0 bridgehead atoms. The van der Waals surface area contributed by atoms with Crippen molar-refractivity contribution in [3.05, 3.63) is 0 Å². The third-order valence-corrected chi connectivity index (χ3v) is 2.69. The Balaban J connectivity index is 2.22. The van der Waals surface area contributed by atoms with Crippen LogP contribution in [0.4, 0.5) is 0 Å². The molecule has 1 rings (SSSR count). The molecule has 0 saturated carbocycles. The van der Waals surface area contributed by atoms with Crippen molar-refractivity contribution in [2.45, 2.75) is 32.2 Å². The zero-order chi connectivity index (χ0) is 13.5. The third kappa shape index (κ3) is 5.33. The fourth-order valence-electron chi connectivity index (χ4n) is 1.56. The van der Waals surface area contributed by atoms with Crippen LogP contribution in [0.25, 0.3) is 0 Å². The van der Waals surface area contributed by atoms with Crippen molar-refractivity contribution in [1.82, 2.24) is 10.6 Å². The highest BCUT2D eigenvalue weighted by Crippen LogP contribution is 2.06. The van der Waals surface area contributed by atoms with Crippen molar-refractivity contribution in [2.75, 3.05) is 13.1 Å². The summed E-state index contributed by atoms with van der Waals surface area (Å²) in [7, 11) is 0. The first-order valence-corrected chi connectivity index (χ1v) is 6.14. The van der Waals surface area contributed by atoms with Gasteiger partial charge in [0, 0.05) is 0 Å². The van der Waals surface area contributed by atoms with Gasteiger partial charge in [0.2, 0.25) is 0 Å². The van der Waals surface area contributed by atoms with Gasteiger partial charge >= 0.3 is 11.9 Å². The molecule has 0 aliphatic carbocycles. The van der Waals surface area contributed by atoms with E-state index in [0.717, 1.165) is 13.0 Å². The van der Waals surface area contributed by atoms with E-state index in [2.05, 4.69) is 15.4 Å². The van der Waals surface area contributed by atoms with Crippen molar-refractivity contribution < 1.29 is 19.1 Å². The van der Waals surface area contributed by atoms with E-state index in [4.69, 9.17) is 12.2 Å².